The van der Waals surface area contributed by atoms with Crippen LogP contribution >= 0.6 is 11.6 Å². The maximum atomic E-state index is 15.0. The molecule has 2 aromatic heterocycles. The van der Waals surface area contributed by atoms with Crippen molar-refractivity contribution in [3.63, 3.8) is 0 Å². The van der Waals surface area contributed by atoms with Gasteiger partial charge in [0.15, 0.2) is 11.5 Å². The number of carbonyl (C=O) groups is 1. The molecular formula is C27H29ClFN5O5S. The summed E-state index contributed by atoms with van der Waals surface area (Å²) in [5, 5.41) is 17.7. The first-order chi connectivity index (χ1) is 19.0. The number of hydrogen-bond acceptors (Lipinski definition) is 9. The smallest absolute Gasteiger partial charge is 0.314 e. The Kier molecular flexibility index (Phi) is 7.36. The third-order valence-electron chi connectivity index (χ3n) is 7.57. The fourth-order valence-electron chi connectivity index (χ4n) is 5.25. The molecule has 1 aliphatic heterocycles. The lowest BCUT2D eigenvalue weighted by atomic mass is 9.71. The van der Waals surface area contributed by atoms with Gasteiger partial charge in [-0.3, -0.25) is 9.79 Å². The zero-order valence-electron chi connectivity index (χ0n) is 22.1. The Morgan fingerprint density at radius 1 is 1.32 bits per heavy atom. The van der Waals surface area contributed by atoms with Gasteiger partial charge in [0.1, 0.15) is 12.0 Å². The van der Waals surface area contributed by atoms with Crippen LogP contribution in [0, 0.1) is 12.3 Å². The fraction of sp³-hybridized carbons (Fsp3) is 0.370. The highest BCUT2D eigenvalue weighted by molar-refractivity contribution is 7.90. The number of pyridine rings is 1. The molecular weight excluding hydrogens is 561 g/mol. The van der Waals surface area contributed by atoms with Crippen molar-refractivity contribution < 1.29 is 27.4 Å². The van der Waals surface area contributed by atoms with Crippen LogP contribution in [0.4, 0.5) is 4.39 Å². The van der Waals surface area contributed by atoms with Gasteiger partial charge in [-0.25, -0.2) is 21.8 Å². The number of aromatic nitrogens is 2. The summed E-state index contributed by atoms with van der Waals surface area (Å²) in [5.41, 5.74) is 0.293. The van der Waals surface area contributed by atoms with Gasteiger partial charge in [0.25, 0.3) is 10.0 Å². The monoisotopic (exact) mass is 589 g/mol. The molecule has 0 radical (unpaired) electrons. The molecule has 2 aliphatic rings. The summed E-state index contributed by atoms with van der Waals surface area (Å²) in [5.74, 6) is -1.29. The molecule has 1 saturated carbocycles. The summed E-state index contributed by atoms with van der Waals surface area (Å²) in [6, 6.07) is 7.35. The minimum absolute atomic E-state index is 0.0459. The zero-order valence-corrected chi connectivity index (χ0v) is 23.6. The number of benzene rings is 1. The fourth-order valence-corrected chi connectivity index (χ4v) is 6.74. The lowest BCUT2D eigenvalue weighted by Crippen LogP contribution is -2.56. The van der Waals surface area contributed by atoms with Crippen LogP contribution in [0.3, 0.4) is 0 Å². The van der Waals surface area contributed by atoms with Crippen molar-refractivity contribution >= 4 is 44.8 Å². The number of nitrogens with one attached hydrogen (secondary N) is 2. The molecule has 1 aromatic carbocycles. The third-order valence-corrected chi connectivity index (χ3v) is 9.44. The van der Waals surface area contributed by atoms with Gasteiger partial charge in [-0.2, -0.15) is 0 Å². The first-order valence-corrected chi connectivity index (χ1v) is 14.5. The number of hydrogen-bond donors (Lipinski definition) is 3. The van der Waals surface area contributed by atoms with E-state index in [0.717, 1.165) is 15.8 Å². The Morgan fingerprint density at radius 3 is 2.75 bits per heavy atom. The Morgan fingerprint density at radius 2 is 2.05 bits per heavy atom. The van der Waals surface area contributed by atoms with Crippen LogP contribution in [-0.2, 0) is 19.6 Å². The van der Waals surface area contributed by atoms with Gasteiger partial charge in [0, 0.05) is 23.3 Å². The second-order valence-electron chi connectivity index (χ2n) is 10.3. The van der Waals surface area contributed by atoms with Crippen LogP contribution in [-0.4, -0.2) is 53.9 Å². The van der Waals surface area contributed by atoms with Gasteiger partial charge in [-0.1, -0.05) is 35.7 Å². The zero-order chi connectivity index (χ0) is 28.8. The minimum atomic E-state index is -4.04. The molecule has 5 rings (SSSR count). The average Bonchev–Trinajstić information content (AvgIpc) is 3.31. The van der Waals surface area contributed by atoms with Crippen molar-refractivity contribution in [3.05, 3.63) is 70.5 Å². The number of ether oxygens (including phenoxy) is 1. The van der Waals surface area contributed by atoms with Gasteiger partial charge < -0.3 is 20.5 Å². The predicted molar refractivity (Wildman–Crippen MR) is 148 cm³/mol. The van der Waals surface area contributed by atoms with E-state index in [-0.39, 0.29) is 21.4 Å². The molecule has 3 aromatic rings. The molecule has 10 nitrogen and oxygen atoms in total. The van der Waals surface area contributed by atoms with Crippen molar-refractivity contribution in [3.8, 4) is 0 Å². The molecule has 40 heavy (non-hydrogen) atoms. The standard InChI is InChI=1S/C27H29ClFN5O5S/c1-15-6-8-17(9-7-15)40(37,38)34-14-19(18-11-16(28)12-31-25(18)34)23-30-13-20(29)24(33-23)32-21-5-4-10-27(2,22(21)35)26(36)39-3/h6-9,11-14,21-23,32-33,35H,4-5,10H2,1-3H3/t21-,22+,23?,27-/m0/s1. The molecule has 1 aliphatic carbocycles. The van der Waals surface area contributed by atoms with Crippen molar-refractivity contribution in [2.75, 3.05) is 7.11 Å². The van der Waals surface area contributed by atoms with Crippen molar-refractivity contribution in [2.24, 2.45) is 10.4 Å². The highest BCUT2D eigenvalue weighted by atomic mass is 35.5. The number of esters is 1. The van der Waals surface area contributed by atoms with Crippen molar-refractivity contribution in [1.29, 1.82) is 0 Å². The second kappa shape index (κ2) is 10.5. The number of methoxy groups -OCH3 is 1. The van der Waals surface area contributed by atoms with E-state index in [9.17, 15) is 22.7 Å². The molecule has 0 amide bonds. The number of nitrogens with zero attached hydrogens (tertiary/aromatic N) is 3. The van der Waals surface area contributed by atoms with Crippen molar-refractivity contribution in [1.82, 2.24) is 19.6 Å². The number of rotatable bonds is 6. The van der Waals surface area contributed by atoms with Gasteiger partial charge in [0.2, 0.25) is 0 Å². The highest BCUT2D eigenvalue weighted by Gasteiger charge is 2.48. The summed E-state index contributed by atoms with van der Waals surface area (Å²) in [4.78, 5) is 21.0. The molecule has 4 atom stereocenters. The van der Waals surface area contributed by atoms with E-state index in [1.54, 1.807) is 25.1 Å². The number of aliphatic hydroxyl groups excluding tert-OH is 1. The summed E-state index contributed by atoms with van der Waals surface area (Å²) >= 11 is 6.22. The number of halogens is 2. The Labute approximate surface area is 236 Å². The minimum Gasteiger partial charge on any atom is -0.469 e. The molecule has 0 bridgehead atoms. The topological polar surface area (TPSA) is 135 Å². The number of fused-ring (bicyclic) bond motifs is 1. The Bertz CT molecular complexity index is 1640. The molecule has 0 spiro atoms. The molecule has 3 heterocycles. The summed E-state index contributed by atoms with van der Waals surface area (Å²) in [6.07, 6.45) is 3.24. The molecule has 1 unspecified atom stereocenters. The first kappa shape index (κ1) is 28.1. The molecule has 3 N–H and O–H groups in total. The Balaban J connectivity index is 1.48. The number of aliphatic imine (C=N–C) groups is 1. The van der Waals surface area contributed by atoms with E-state index in [1.807, 2.05) is 6.92 Å². The van der Waals surface area contributed by atoms with Gasteiger partial charge in [0.05, 0.1) is 40.8 Å². The molecule has 0 saturated heterocycles. The van der Waals surface area contributed by atoms with Gasteiger partial charge in [-0.15, -0.1) is 0 Å². The van der Waals surface area contributed by atoms with Crippen LogP contribution in [0.25, 0.3) is 11.0 Å². The van der Waals surface area contributed by atoms with E-state index >= 15 is 0 Å². The number of aliphatic hydroxyl groups is 1. The van der Waals surface area contributed by atoms with E-state index in [4.69, 9.17) is 16.3 Å². The van der Waals surface area contributed by atoms with Crippen LogP contribution in [0.5, 0.6) is 0 Å². The Hall–Kier alpha value is -3.48. The maximum absolute atomic E-state index is 15.0. The van der Waals surface area contributed by atoms with Crippen LogP contribution in [0.1, 0.15) is 43.5 Å². The third kappa shape index (κ3) is 4.84. The maximum Gasteiger partial charge on any atom is 0.314 e. The lowest BCUT2D eigenvalue weighted by molar-refractivity contribution is -0.163. The summed E-state index contributed by atoms with van der Waals surface area (Å²) in [6.45, 7) is 3.48. The van der Waals surface area contributed by atoms with Gasteiger partial charge in [-0.05, 0) is 44.9 Å². The number of carbonyl (C=O) groups excluding carboxylic acids is 1. The van der Waals surface area contributed by atoms with E-state index in [1.165, 1.54) is 31.6 Å². The average molecular weight is 590 g/mol. The second-order valence-corrected chi connectivity index (χ2v) is 12.5. The van der Waals surface area contributed by atoms with E-state index < -0.39 is 45.5 Å². The SMILES string of the molecule is COC(=O)[C@@]1(C)CCC[C@H](NC2=C(F)C=NC(c3cn(S(=O)(=O)c4ccc(C)cc4)c4ncc(Cl)cc34)N2)[C@H]1O. The highest BCUT2D eigenvalue weighted by Crippen LogP contribution is 2.38. The molecule has 212 valence electrons. The predicted octanol–water partition coefficient (Wildman–Crippen LogP) is 3.73. The summed E-state index contributed by atoms with van der Waals surface area (Å²) < 4.78 is 48.1. The van der Waals surface area contributed by atoms with Crippen molar-refractivity contribution in [2.45, 2.75) is 56.3 Å². The van der Waals surface area contributed by atoms with Gasteiger partial charge >= 0.3 is 5.97 Å². The normalized spacial score (nSPS) is 25.1. The molecule has 1 fully saturated rings. The number of aryl methyl sites for hydroxylation is 1. The number of allylic oxidation sites excluding steroid dienone is 1. The van der Waals surface area contributed by atoms with Crippen LogP contribution < -0.4 is 10.6 Å². The largest absolute Gasteiger partial charge is 0.469 e. The van der Waals surface area contributed by atoms with Crippen LogP contribution in [0.15, 0.2) is 64.3 Å². The van der Waals surface area contributed by atoms with E-state index in [2.05, 4.69) is 20.6 Å². The lowest BCUT2D eigenvalue weighted by Gasteiger charge is -2.42. The summed E-state index contributed by atoms with van der Waals surface area (Å²) in [7, 11) is -2.77. The first-order valence-electron chi connectivity index (χ1n) is 12.7. The quantitative estimate of drug-likeness (QED) is 0.370. The van der Waals surface area contributed by atoms with E-state index in [0.29, 0.717) is 30.2 Å². The molecule has 13 heteroatoms. The van der Waals surface area contributed by atoms with Crippen LogP contribution in [0.2, 0.25) is 5.02 Å².